The molecule has 0 unspecified atom stereocenters. The number of aromatic nitrogens is 3. The van der Waals surface area contributed by atoms with Crippen LogP contribution in [0.5, 0.6) is 0 Å². The van der Waals surface area contributed by atoms with Crippen molar-refractivity contribution in [3.05, 3.63) is 48.5 Å². The number of anilines is 1. The molecule has 2 aromatic heterocycles. The summed E-state index contributed by atoms with van der Waals surface area (Å²) in [6.45, 7) is 4.15. The summed E-state index contributed by atoms with van der Waals surface area (Å²) in [5.74, 6) is 0.714. The zero-order valence-electron chi connectivity index (χ0n) is 14.0. The van der Waals surface area contributed by atoms with Gasteiger partial charge in [-0.1, -0.05) is 6.07 Å². The molecule has 2 fully saturated rings. The smallest absolute Gasteiger partial charge is 0.272 e. The maximum atomic E-state index is 12.8. The minimum Gasteiger partial charge on any atom is -0.379 e. The molecular formula is C18H21N5O2. The van der Waals surface area contributed by atoms with Crippen LogP contribution in [0.25, 0.3) is 0 Å². The van der Waals surface area contributed by atoms with Crippen molar-refractivity contribution in [1.29, 1.82) is 0 Å². The molecular weight excluding hydrogens is 318 g/mol. The molecule has 25 heavy (non-hydrogen) atoms. The van der Waals surface area contributed by atoms with Crippen LogP contribution in [0, 0.1) is 5.41 Å². The summed E-state index contributed by atoms with van der Waals surface area (Å²) < 4.78 is 5.85. The highest BCUT2D eigenvalue weighted by atomic mass is 16.5. The molecule has 0 saturated carbocycles. The Hall–Kier alpha value is -2.54. The number of carbonyl (C=O) groups excluding carboxylic acids is 1. The third kappa shape index (κ3) is 3.32. The first-order valence-corrected chi connectivity index (χ1v) is 8.56. The van der Waals surface area contributed by atoms with Crippen molar-refractivity contribution in [3.8, 4) is 0 Å². The molecule has 1 atom stereocenters. The molecule has 130 valence electrons. The fourth-order valence-electron chi connectivity index (χ4n) is 3.62. The summed E-state index contributed by atoms with van der Waals surface area (Å²) >= 11 is 0. The van der Waals surface area contributed by atoms with Crippen molar-refractivity contribution >= 4 is 11.9 Å². The molecule has 0 aromatic carbocycles. The zero-order chi connectivity index (χ0) is 17.1. The summed E-state index contributed by atoms with van der Waals surface area (Å²) in [5, 5.41) is 0. The number of rotatable bonds is 2. The van der Waals surface area contributed by atoms with E-state index in [1.54, 1.807) is 24.7 Å². The van der Waals surface area contributed by atoms with Crippen molar-refractivity contribution < 1.29 is 9.53 Å². The van der Waals surface area contributed by atoms with Crippen molar-refractivity contribution in [2.45, 2.75) is 6.42 Å². The predicted octanol–water partition coefficient (Wildman–Crippen LogP) is 1.24. The standard InChI is InChI=1S/C18H21N5O2/c24-16(15-4-1-2-6-19-15)22-10-11-25-14-18(12-22)5-9-23(13-18)17-20-7-3-8-21-17/h1-4,6-8H,5,9-14H2/t18-/m0/s1. The van der Waals surface area contributed by atoms with Gasteiger partial charge in [-0.05, 0) is 24.6 Å². The SMILES string of the molecule is O=C(c1ccccn1)N1CCOC[C@@]2(CCN(c3ncccn3)C2)C1. The summed E-state index contributed by atoms with van der Waals surface area (Å²) in [6.07, 6.45) is 6.13. The fraction of sp³-hybridized carbons (Fsp3) is 0.444. The van der Waals surface area contributed by atoms with E-state index < -0.39 is 0 Å². The van der Waals surface area contributed by atoms with Gasteiger partial charge < -0.3 is 14.5 Å². The Morgan fingerprint density at radius 1 is 1.04 bits per heavy atom. The summed E-state index contributed by atoms with van der Waals surface area (Å²) in [4.78, 5) is 29.8. The topological polar surface area (TPSA) is 71.5 Å². The van der Waals surface area contributed by atoms with Gasteiger partial charge in [0.1, 0.15) is 5.69 Å². The Balaban J connectivity index is 1.51. The van der Waals surface area contributed by atoms with Crippen LogP contribution in [0.1, 0.15) is 16.9 Å². The van der Waals surface area contributed by atoms with Crippen LogP contribution < -0.4 is 4.90 Å². The van der Waals surface area contributed by atoms with Crippen molar-refractivity contribution in [2.75, 3.05) is 44.3 Å². The highest BCUT2D eigenvalue weighted by Gasteiger charge is 2.43. The molecule has 0 radical (unpaired) electrons. The zero-order valence-corrected chi connectivity index (χ0v) is 14.0. The van der Waals surface area contributed by atoms with E-state index in [4.69, 9.17) is 4.74 Å². The second kappa shape index (κ2) is 6.76. The van der Waals surface area contributed by atoms with Crippen molar-refractivity contribution in [2.24, 2.45) is 5.41 Å². The van der Waals surface area contributed by atoms with Crippen LogP contribution in [0.3, 0.4) is 0 Å². The van der Waals surface area contributed by atoms with Gasteiger partial charge in [-0.25, -0.2) is 9.97 Å². The minimum atomic E-state index is -0.0832. The van der Waals surface area contributed by atoms with E-state index in [1.807, 2.05) is 23.1 Å². The first kappa shape index (κ1) is 16.0. The van der Waals surface area contributed by atoms with Gasteiger partial charge in [0.15, 0.2) is 0 Å². The van der Waals surface area contributed by atoms with Gasteiger partial charge in [0.2, 0.25) is 5.95 Å². The lowest BCUT2D eigenvalue weighted by molar-refractivity contribution is 0.0686. The molecule has 1 amide bonds. The average Bonchev–Trinajstić information content (AvgIpc) is 2.97. The first-order chi connectivity index (χ1) is 12.3. The number of ether oxygens (including phenoxy) is 1. The number of pyridine rings is 1. The van der Waals surface area contributed by atoms with Crippen LogP contribution in [0.4, 0.5) is 5.95 Å². The van der Waals surface area contributed by atoms with Gasteiger partial charge in [0.05, 0.1) is 13.2 Å². The molecule has 4 rings (SSSR count). The Bertz CT molecular complexity index is 727. The maximum absolute atomic E-state index is 12.8. The lowest BCUT2D eigenvalue weighted by Gasteiger charge is -2.31. The number of nitrogens with zero attached hydrogens (tertiary/aromatic N) is 5. The highest BCUT2D eigenvalue weighted by molar-refractivity contribution is 5.92. The molecule has 0 aliphatic carbocycles. The number of amides is 1. The average molecular weight is 339 g/mol. The predicted molar refractivity (Wildman–Crippen MR) is 92.3 cm³/mol. The summed E-state index contributed by atoms with van der Waals surface area (Å²) in [6, 6.07) is 7.24. The van der Waals surface area contributed by atoms with Crippen LogP contribution >= 0.6 is 0 Å². The Kier molecular flexibility index (Phi) is 4.31. The molecule has 0 N–H and O–H groups in total. The van der Waals surface area contributed by atoms with Crippen molar-refractivity contribution in [1.82, 2.24) is 19.9 Å². The third-order valence-corrected chi connectivity index (χ3v) is 4.88. The minimum absolute atomic E-state index is 0.0279. The van der Waals surface area contributed by atoms with E-state index in [9.17, 15) is 4.79 Å². The van der Waals surface area contributed by atoms with E-state index in [0.717, 1.165) is 25.5 Å². The van der Waals surface area contributed by atoms with Gasteiger partial charge in [-0.15, -0.1) is 0 Å². The number of hydrogen-bond acceptors (Lipinski definition) is 6. The Labute approximate surface area is 146 Å². The van der Waals surface area contributed by atoms with Gasteiger partial charge in [0.25, 0.3) is 5.91 Å². The maximum Gasteiger partial charge on any atom is 0.272 e. The molecule has 4 heterocycles. The van der Waals surface area contributed by atoms with E-state index in [2.05, 4.69) is 19.9 Å². The van der Waals surface area contributed by atoms with E-state index in [-0.39, 0.29) is 11.3 Å². The molecule has 7 nitrogen and oxygen atoms in total. The Morgan fingerprint density at radius 2 is 1.88 bits per heavy atom. The van der Waals surface area contributed by atoms with Gasteiger partial charge in [-0.2, -0.15) is 0 Å². The number of carbonyl (C=O) groups is 1. The summed E-state index contributed by atoms with van der Waals surface area (Å²) in [7, 11) is 0. The monoisotopic (exact) mass is 339 g/mol. The first-order valence-electron chi connectivity index (χ1n) is 8.56. The van der Waals surface area contributed by atoms with Crippen molar-refractivity contribution in [3.63, 3.8) is 0 Å². The van der Waals surface area contributed by atoms with Gasteiger partial charge in [0, 0.05) is 50.2 Å². The molecule has 2 saturated heterocycles. The molecule has 2 aliphatic heterocycles. The van der Waals surface area contributed by atoms with E-state index in [0.29, 0.717) is 32.0 Å². The fourth-order valence-corrected chi connectivity index (χ4v) is 3.62. The van der Waals surface area contributed by atoms with Crippen LogP contribution in [0.2, 0.25) is 0 Å². The van der Waals surface area contributed by atoms with Gasteiger partial charge >= 0.3 is 0 Å². The second-order valence-corrected chi connectivity index (χ2v) is 6.71. The molecule has 2 aromatic rings. The second-order valence-electron chi connectivity index (χ2n) is 6.71. The molecule has 2 aliphatic rings. The normalized spacial score (nSPS) is 23.7. The lowest BCUT2D eigenvalue weighted by Crippen LogP contribution is -2.43. The number of hydrogen-bond donors (Lipinski definition) is 0. The van der Waals surface area contributed by atoms with Crippen LogP contribution in [0.15, 0.2) is 42.9 Å². The summed E-state index contributed by atoms with van der Waals surface area (Å²) in [5.41, 5.74) is 0.404. The lowest BCUT2D eigenvalue weighted by atomic mass is 9.87. The highest BCUT2D eigenvalue weighted by Crippen LogP contribution is 2.35. The van der Waals surface area contributed by atoms with E-state index >= 15 is 0 Å². The van der Waals surface area contributed by atoms with E-state index in [1.165, 1.54) is 0 Å². The molecule has 7 heteroatoms. The van der Waals surface area contributed by atoms with Crippen LogP contribution in [-0.2, 0) is 4.74 Å². The largest absolute Gasteiger partial charge is 0.379 e. The quantitative estimate of drug-likeness (QED) is 0.820. The molecule has 0 bridgehead atoms. The Morgan fingerprint density at radius 3 is 2.68 bits per heavy atom. The third-order valence-electron chi connectivity index (χ3n) is 4.88. The van der Waals surface area contributed by atoms with Gasteiger partial charge in [-0.3, -0.25) is 9.78 Å². The molecule has 1 spiro atoms. The van der Waals surface area contributed by atoms with Crippen LogP contribution in [-0.4, -0.2) is 65.2 Å².